The fraction of sp³-hybridized carbons (Fsp3) is 0.500. The molecule has 0 aromatic heterocycles. The number of carbonyl (C=O) groups is 2. The predicted molar refractivity (Wildman–Crippen MR) is 37.6 cm³/mol. The molecule has 0 aromatic carbocycles. The highest BCUT2D eigenvalue weighted by molar-refractivity contribution is 5.96. The van der Waals surface area contributed by atoms with Gasteiger partial charge in [-0.1, -0.05) is 6.92 Å². The van der Waals surface area contributed by atoms with Gasteiger partial charge in [-0.15, -0.1) is 0 Å². The Morgan fingerprint density at radius 3 is 2.80 bits per heavy atom. The maximum atomic E-state index is 10.8. The van der Waals surface area contributed by atoms with Gasteiger partial charge in [0.25, 0.3) is 0 Å². The van der Waals surface area contributed by atoms with E-state index in [2.05, 4.69) is 0 Å². The summed E-state index contributed by atoms with van der Waals surface area (Å²) in [6.07, 6.45) is 3.58. The summed E-state index contributed by atoms with van der Waals surface area (Å²) >= 11 is 0. The van der Waals surface area contributed by atoms with E-state index in [0.29, 0.717) is 17.9 Å². The van der Waals surface area contributed by atoms with Crippen LogP contribution in [-0.4, -0.2) is 12.1 Å². The average molecular weight is 138 g/mol. The molecule has 54 valence electrons. The summed E-state index contributed by atoms with van der Waals surface area (Å²) in [5.41, 5.74) is 0.642. The molecule has 0 fully saturated rings. The molecule has 2 heteroatoms. The number of allylic oxidation sites excluding steroid dienone is 2. The third-order valence-corrected chi connectivity index (χ3v) is 1.63. The molecule has 1 aliphatic rings. The summed E-state index contributed by atoms with van der Waals surface area (Å²) in [7, 11) is 0. The zero-order valence-electron chi connectivity index (χ0n) is 5.96. The largest absolute Gasteiger partial charge is 0.298 e. The van der Waals surface area contributed by atoms with Crippen LogP contribution in [0, 0.1) is 5.92 Å². The van der Waals surface area contributed by atoms with Crippen molar-refractivity contribution < 1.29 is 9.59 Å². The van der Waals surface area contributed by atoms with E-state index in [0.717, 1.165) is 12.7 Å². The van der Waals surface area contributed by atoms with Crippen LogP contribution < -0.4 is 0 Å². The third-order valence-electron chi connectivity index (χ3n) is 1.63. The number of hydrogen-bond acceptors (Lipinski definition) is 2. The van der Waals surface area contributed by atoms with Crippen molar-refractivity contribution >= 4 is 12.1 Å². The molecule has 0 amide bonds. The Labute approximate surface area is 59.9 Å². The maximum Gasteiger partial charge on any atom is 0.156 e. The summed E-state index contributed by atoms with van der Waals surface area (Å²) in [6, 6.07) is 0. The fourth-order valence-corrected chi connectivity index (χ4v) is 1.22. The summed E-state index contributed by atoms with van der Waals surface area (Å²) < 4.78 is 0. The van der Waals surface area contributed by atoms with Gasteiger partial charge in [-0.3, -0.25) is 9.59 Å². The van der Waals surface area contributed by atoms with Crippen molar-refractivity contribution in [2.45, 2.75) is 19.8 Å². The highest BCUT2D eigenvalue weighted by atomic mass is 16.1. The minimum atomic E-state index is 0.0841. The molecular formula is C8H10O2. The molecule has 1 rings (SSSR count). The predicted octanol–water partition coefficient (Wildman–Crippen LogP) is 1.11. The molecule has 0 radical (unpaired) electrons. The quantitative estimate of drug-likeness (QED) is 0.508. The lowest BCUT2D eigenvalue weighted by molar-refractivity contribution is -0.116. The Bertz CT molecular complexity index is 191. The fourth-order valence-electron chi connectivity index (χ4n) is 1.22. The summed E-state index contributed by atoms with van der Waals surface area (Å²) in [5, 5.41) is 0. The smallest absolute Gasteiger partial charge is 0.156 e. The summed E-state index contributed by atoms with van der Waals surface area (Å²) in [5.74, 6) is 0.429. The van der Waals surface area contributed by atoms with Gasteiger partial charge in [0.15, 0.2) is 5.78 Å². The Hall–Kier alpha value is -0.920. The van der Waals surface area contributed by atoms with Gasteiger partial charge < -0.3 is 0 Å². The number of aldehydes is 1. The Morgan fingerprint density at radius 2 is 2.30 bits per heavy atom. The third kappa shape index (κ3) is 1.53. The Kier molecular flexibility index (Phi) is 2.00. The molecule has 10 heavy (non-hydrogen) atoms. The van der Waals surface area contributed by atoms with Crippen LogP contribution >= 0.6 is 0 Å². The van der Waals surface area contributed by atoms with Crippen molar-refractivity contribution in [2.24, 2.45) is 5.92 Å². The van der Waals surface area contributed by atoms with Crippen LogP contribution in [0.5, 0.6) is 0 Å². The average Bonchev–Trinajstić information content (AvgIpc) is 1.85. The first-order valence-corrected chi connectivity index (χ1v) is 3.41. The molecule has 1 aliphatic carbocycles. The molecule has 0 bridgehead atoms. The van der Waals surface area contributed by atoms with Crippen LogP contribution in [0.4, 0.5) is 0 Å². The van der Waals surface area contributed by atoms with E-state index in [9.17, 15) is 9.59 Å². The first-order chi connectivity index (χ1) is 4.72. The first-order valence-electron chi connectivity index (χ1n) is 3.41. The maximum absolute atomic E-state index is 10.8. The van der Waals surface area contributed by atoms with E-state index in [1.54, 1.807) is 0 Å². The lowest BCUT2D eigenvalue weighted by atomic mass is 9.90. The zero-order valence-corrected chi connectivity index (χ0v) is 5.96. The van der Waals surface area contributed by atoms with Gasteiger partial charge in [0.2, 0.25) is 0 Å². The van der Waals surface area contributed by atoms with Gasteiger partial charge in [0, 0.05) is 6.42 Å². The monoisotopic (exact) mass is 138 g/mol. The second kappa shape index (κ2) is 2.78. The van der Waals surface area contributed by atoms with E-state index < -0.39 is 0 Å². The lowest BCUT2D eigenvalue weighted by Crippen LogP contribution is -2.11. The lowest BCUT2D eigenvalue weighted by Gasteiger charge is -2.13. The molecule has 0 heterocycles. The van der Waals surface area contributed by atoms with Gasteiger partial charge in [0.1, 0.15) is 6.29 Å². The second-order valence-corrected chi connectivity index (χ2v) is 2.82. The molecule has 2 nitrogen and oxygen atoms in total. The summed E-state index contributed by atoms with van der Waals surface area (Å²) in [4.78, 5) is 21.0. The Balaban J connectivity index is 2.74. The zero-order chi connectivity index (χ0) is 7.56. The summed E-state index contributed by atoms with van der Waals surface area (Å²) in [6.45, 7) is 1.98. The molecular weight excluding hydrogens is 128 g/mol. The van der Waals surface area contributed by atoms with Crippen molar-refractivity contribution in [1.82, 2.24) is 0 Å². The molecule has 0 spiro atoms. The molecule has 0 aromatic rings. The Morgan fingerprint density at radius 1 is 1.60 bits per heavy atom. The molecule has 1 atom stereocenters. The molecule has 0 aliphatic heterocycles. The highest BCUT2D eigenvalue weighted by Crippen LogP contribution is 2.19. The van der Waals surface area contributed by atoms with Crippen molar-refractivity contribution in [1.29, 1.82) is 0 Å². The normalized spacial score (nSPS) is 25.9. The minimum absolute atomic E-state index is 0.0841. The van der Waals surface area contributed by atoms with Gasteiger partial charge in [-0.2, -0.15) is 0 Å². The van der Waals surface area contributed by atoms with Crippen LogP contribution in [0.3, 0.4) is 0 Å². The van der Waals surface area contributed by atoms with Crippen molar-refractivity contribution in [2.75, 3.05) is 0 Å². The number of rotatable bonds is 1. The molecule has 0 saturated heterocycles. The van der Waals surface area contributed by atoms with Crippen LogP contribution in [0.15, 0.2) is 11.6 Å². The van der Waals surface area contributed by atoms with Crippen LogP contribution in [0.2, 0.25) is 0 Å². The SMILES string of the molecule is CC1CC(=O)C=C(C=O)C1. The van der Waals surface area contributed by atoms with Gasteiger partial charge in [-0.25, -0.2) is 0 Å². The van der Waals surface area contributed by atoms with Crippen molar-refractivity contribution in [3.8, 4) is 0 Å². The van der Waals surface area contributed by atoms with E-state index in [4.69, 9.17) is 0 Å². The highest BCUT2D eigenvalue weighted by Gasteiger charge is 2.15. The number of hydrogen-bond donors (Lipinski definition) is 0. The second-order valence-electron chi connectivity index (χ2n) is 2.82. The topological polar surface area (TPSA) is 34.1 Å². The first kappa shape index (κ1) is 7.19. The number of ketones is 1. The van der Waals surface area contributed by atoms with E-state index >= 15 is 0 Å². The van der Waals surface area contributed by atoms with Crippen LogP contribution in [0.25, 0.3) is 0 Å². The molecule has 0 N–H and O–H groups in total. The van der Waals surface area contributed by atoms with E-state index in [-0.39, 0.29) is 5.78 Å². The van der Waals surface area contributed by atoms with Gasteiger partial charge in [0.05, 0.1) is 0 Å². The van der Waals surface area contributed by atoms with Crippen molar-refractivity contribution in [3.05, 3.63) is 11.6 Å². The van der Waals surface area contributed by atoms with Gasteiger partial charge >= 0.3 is 0 Å². The molecule has 1 unspecified atom stereocenters. The van der Waals surface area contributed by atoms with Crippen LogP contribution in [0.1, 0.15) is 19.8 Å². The number of carbonyl (C=O) groups excluding carboxylic acids is 2. The molecule has 0 saturated carbocycles. The van der Waals surface area contributed by atoms with E-state index in [1.165, 1.54) is 6.08 Å². The van der Waals surface area contributed by atoms with Crippen molar-refractivity contribution in [3.63, 3.8) is 0 Å². The van der Waals surface area contributed by atoms with Gasteiger partial charge in [-0.05, 0) is 24.0 Å². The minimum Gasteiger partial charge on any atom is -0.298 e. The van der Waals surface area contributed by atoms with E-state index in [1.807, 2.05) is 6.92 Å². The van der Waals surface area contributed by atoms with Crippen LogP contribution in [-0.2, 0) is 9.59 Å². The standard InChI is InChI=1S/C8H10O2/c1-6-2-7(5-9)4-8(10)3-6/h4-6H,2-3H2,1H3.